The van der Waals surface area contributed by atoms with Crippen LogP contribution in [0.25, 0.3) is 0 Å². The maximum Gasteiger partial charge on any atom is 0.235 e. The van der Waals surface area contributed by atoms with Crippen LogP contribution in [0.1, 0.15) is 19.4 Å². The molecule has 3 N–H and O–H groups in total. The molecule has 8 heteroatoms. The maximum atomic E-state index is 12.9. The molecule has 0 radical (unpaired) electrons. The highest BCUT2D eigenvalue weighted by molar-refractivity contribution is 7.92. The molecule has 0 aliphatic carbocycles. The molecule has 23 heavy (non-hydrogen) atoms. The van der Waals surface area contributed by atoms with E-state index in [0.717, 1.165) is 0 Å². The van der Waals surface area contributed by atoms with Gasteiger partial charge in [-0.05, 0) is 38.0 Å². The second kappa shape index (κ2) is 8.05. The Morgan fingerprint density at radius 3 is 2.26 bits per heavy atom. The topological polar surface area (TPSA) is 106 Å². The minimum atomic E-state index is -3.50. The molecule has 1 aromatic rings. The minimum Gasteiger partial charge on any atom is -0.369 e. The molecule has 0 heterocycles. The first-order chi connectivity index (χ1) is 10.6. The molecule has 0 saturated heterocycles. The second-order valence-corrected chi connectivity index (χ2v) is 8.15. The van der Waals surface area contributed by atoms with Gasteiger partial charge in [-0.2, -0.15) is 0 Å². The van der Waals surface area contributed by atoms with Crippen molar-refractivity contribution >= 4 is 21.7 Å². The van der Waals surface area contributed by atoms with Crippen molar-refractivity contribution in [3.8, 4) is 0 Å². The predicted octanol–water partition coefficient (Wildman–Crippen LogP) is 0.409. The second-order valence-electron chi connectivity index (χ2n) is 5.59. The summed E-state index contributed by atoms with van der Waals surface area (Å²) < 4.78 is 36.2. The van der Waals surface area contributed by atoms with E-state index in [0.29, 0.717) is 5.56 Å². The molecule has 1 rings (SSSR count). The van der Waals surface area contributed by atoms with Gasteiger partial charge in [-0.3, -0.25) is 9.59 Å². The van der Waals surface area contributed by atoms with Gasteiger partial charge < -0.3 is 11.1 Å². The molecular formula is C15H21FN2O4S. The number of nitrogens with two attached hydrogens (primary N) is 1. The van der Waals surface area contributed by atoms with Crippen LogP contribution < -0.4 is 11.1 Å². The molecule has 2 amide bonds. The van der Waals surface area contributed by atoms with Gasteiger partial charge in [0, 0.05) is 6.54 Å². The monoisotopic (exact) mass is 344 g/mol. The van der Waals surface area contributed by atoms with Gasteiger partial charge in [0.25, 0.3) is 0 Å². The first-order valence-electron chi connectivity index (χ1n) is 7.14. The van der Waals surface area contributed by atoms with Gasteiger partial charge in [-0.1, -0.05) is 12.1 Å². The number of nitrogens with one attached hydrogen (secondary N) is 1. The van der Waals surface area contributed by atoms with Crippen molar-refractivity contribution in [3.63, 3.8) is 0 Å². The van der Waals surface area contributed by atoms with Crippen molar-refractivity contribution in [2.45, 2.75) is 25.5 Å². The zero-order chi connectivity index (χ0) is 17.6. The van der Waals surface area contributed by atoms with Crippen molar-refractivity contribution in [2.75, 3.05) is 12.3 Å². The summed E-state index contributed by atoms with van der Waals surface area (Å²) in [5.41, 5.74) is 5.99. The van der Waals surface area contributed by atoms with Crippen LogP contribution in [0.4, 0.5) is 4.39 Å². The highest BCUT2D eigenvalue weighted by Crippen LogP contribution is 2.10. The van der Waals surface area contributed by atoms with Gasteiger partial charge in [0.15, 0.2) is 9.84 Å². The Labute approximate surface area is 135 Å². The molecule has 0 aliphatic rings. The fourth-order valence-electron chi connectivity index (χ4n) is 1.82. The summed E-state index contributed by atoms with van der Waals surface area (Å²) in [6.07, 6.45) is 0.229. The van der Waals surface area contributed by atoms with E-state index in [-0.39, 0.29) is 13.0 Å². The van der Waals surface area contributed by atoms with Gasteiger partial charge >= 0.3 is 0 Å². The summed E-state index contributed by atoms with van der Waals surface area (Å²) in [6.45, 7) is 2.91. The molecule has 0 aliphatic heterocycles. The van der Waals surface area contributed by atoms with E-state index in [1.165, 1.54) is 38.1 Å². The summed E-state index contributed by atoms with van der Waals surface area (Å²) in [5, 5.41) is 1.76. The number of carbonyl (C=O) groups is 2. The van der Waals surface area contributed by atoms with Crippen LogP contribution in [-0.2, 0) is 25.8 Å². The summed E-state index contributed by atoms with van der Waals surface area (Å²) in [6, 6.07) is 5.58. The number of carbonyl (C=O) groups excluding carboxylic acids is 2. The van der Waals surface area contributed by atoms with Crippen molar-refractivity contribution in [2.24, 2.45) is 11.7 Å². The lowest BCUT2D eigenvalue weighted by atomic mass is 9.98. The number of hydrogen-bond donors (Lipinski definition) is 2. The Morgan fingerprint density at radius 1 is 1.22 bits per heavy atom. The fraction of sp³-hybridized carbons (Fsp3) is 0.467. The highest BCUT2D eigenvalue weighted by Gasteiger charge is 2.22. The standard InChI is InChI=1S/C15H21FN2O4S/c1-10(2)23(21,22)9-14(19)18-8-12(15(17)20)7-11-3-5-13(16)6-4-11/h3-6,10,12H,7-9H2,1-2H3,(H2,17,20)(H,18,19)/t12-/m0/s1. The van der Waals surface area contributed by atoms with E-state index >= 15 is 0 Å². The SMILES string of the molecule is CC(C)S(=O)(=O)CC(=O)NC[C@H](Cc1ccc(F)cc1)C(N)=O. The lowest BCUT2D eigenvalue weighted by Crippen LogP contribution is -2.40. The number of sulfone groups is 1. The summed E-state index contributed by atoms with van der Waals surface area (Å²) in [4.78, 5) is 23.2. The van der Waals surface area contributed by atoms with Crippen LogP contribution in [0.15, 0.2) is 24.3 Å². The average molecular weight is 344 g/mol. The third-order valence-corrected chi connectivity index (χ3v) is 5.49. The van der Waals surface area contributed by atoms with Crippen LogP contribution in [0.3, 0.4) is 0 Å². The fourth-order valence-corrected chi connectivity index (χ4v) is 2.62. The summed E-state index contributed by atoms with van der Waals surface area (Å²) >= 11 is 0. The van der Waals surface area contributed by atoms with Gasteiger partial charge in [0.2, 0.25) is 11.8 Å². The number of benzene rings is 1. The number of rotatable bonds is 8. The van der Waals surface area contributed by atoms with Gasteiger partial charge in [-0.25, -0.2) is 12.8 Å². The zero-order valence-electron chi connectivity index (χ0n) is 13.1. The third-order valence-electron chi connectivity index (χ3n) is 3.39. The number of hydrogen-bond acceptors (Lipinski definition) is 4. The van der Waals surface area contributed by atoms with E-state index in [4.69, 9.17) is 5.73 Å². The van der Waals surface area contributed by atoms with Crippen molar-refractivity contribution < 1.29 is 22.4 Å². The first-order valence-corrected chi connectivity index (χ1v) is 8.85. The van der Waals surface area contributed by atoms with Gasteiger partial charge in [0.1, 0.15) is 11.6 Å². The van der Waals surface area contributed by atoms with E-state index in [1.54, 1.807) is 0 Å². The summed E-state index contributed by atoms with van der Waals surface area (Å²) in [7, 11) is -3.50. The molecule has 0 fully saturated rings. The Bertz CT molecular complexity index is 657. The average Bonchev–Trinajstić information content (AvgIpc) is 2.44. The largest absolute Gasteiger partial charge is 0.369 e. The molecular weight excluding hydrogens is 323 g/mol. The smallest absolute Gasteiger partial charge is 0.235 e. The predicted molar refractivity (Wildman–Crippen MR) is 84.7 cm³/mol. The Morgan fingerprint density at radius 2 is 1.78 bits per heavy atom. The lowest BCUT2D eigenvalue weighted by molar-refractivity contribution is -0.122. The Balaban J connectivity index is 2.62. The molecule has 0 bridgehead atoms. The van der Waals surface area contributed by atoms with Crippen molar-refractivity contribution in [1.29, 1.82) is 0 Å². The molecule has 6 nitrogen and oxygen atoms in total. The van der Waals surface area contributed by atoms with Crippen LogP contribution in [0, 0.1) is 11.7 Å². The Hall–Kier alpha value is -1.96. The quantitative estimate of drug-likeness (QED) is 0.712. The highest BCUT2D eigenvalue weighted by atomic mass is 32.2. The maximum absolute atomic E-state index is 12.9. The first kappa shape index (κ1) is 19.1. The molecule has 1 aromatic carbocycles. The molecule has 128 valence electrons. The Kier molecular flexibility index (Phi) is 6.68. The molecule has 0 unspecified atom stereocenters. The van der Waals surface area contributed by atoms with Crippen LogP contribution in [0.5, 0.6) is 0 Å². The van der Waals surface area contributed by atoms with Gasteiger partial charge in [-0.15, -0.1) is 0 Å². The zero-order valence-corrected chi connectivity index (χ0v) is 13.9. The molecule has 0 saturated carbocycles. The number of halogens is 1. The molecule has 0 spiro atoms. The van der Waals surface area contributed by atoms with E-state index in [1.807, 2.05) is 0 Å². The van der Waals surface area contributed by atoms with E-state index < -0.39 is 44.4 Å². The van der Waals surface area contributed by atoms with Gasteiger partial charge in [0.05, 0.1) is 11.2 Å². The third kappa shape index (κ3) is 6.35. The normalized spacial score (nSPS) is 12.9. The van der Waals surface area contributed by atoms with E-state index in [2.05, 4.69) is 5.32 Å². The van der Waals surface area contributed by atoms with Crippen molar-refractivity contribution in [1.82, 2.24) is 5.32 Å². The van der Waals surface area contributed by atoms with Crippen LogP contribution in [0.2, 0.25) is 0 Å². The van der Waals surface area contributed by atoms with Crippen LogP contribution >= 0.6 is 0 Å². The van der Waals surface area contributed by atoms with Crippen molar-refractivity contribution in [3.05, 3.63) is 35.6 Å². The number of amides is 2. The number of primary amides is 1. The molecule has 1 atom stereocenters. The minimum absolute atomic E-state index is 0.0703. The van der Waals surface area contributed by atoms with Crippen LogP contribution in [-0.4, -0.2) is 37.8 Å². The summed E-state index contributed by atoms with van der Waals surface area (Å²) in [5.74, 6) is -3.03. The van der Waals surface area contributed by atoms with E-state index in [9.17, 15) is 22.4 Å². The molecule has 0 aromatic heterocycles. The lowest BCUT2D eigenvalue weighted by Gasteiger charge is -2.15.